The number of hydrogen-bond donors (Lipinski definition) is 1. The van der Waals surface area contributed by atoms with Gasteiger partial charge in [-0.25, -0.2) is 8.78 Å². The molecule has 3 heteroatoms. The summed E-state index contributed by atoms with van der Waals surface area (Å²) in [5.74, 6) is 0.586. The van der Waals surface area contributed by atoms with Crippen LogP contribution < -0.4 is 5.32 Å². The number of hydrogen-bond acceptors (Lipinski definition) is 1. The highest BCUT2D eigenvalue weighted by Gasteiger charge is 2.26. The fraction of sp³-hybridized carbons (Fsp3) is 0.600. The molecule has 0 spiro atoms. The highest BCUT2D eigenvalue weighted by atomic mass is 19.1. The topological polar surface area (TPSA) is 12.0 Å². The zero-order valence-corrected chi connectivity index (χ0v) is 11.0. The number of rotatable bonds is 3. The molecule has 0 bridgehead atoms. The molecule has 18 heavy (non-hydrogen) atoms. The molecule has 1 fully saturated rings. The molecule has 0 aromatic heterocycles. The van der Waals surface area contributed by atoms with Gasteiger partial charge in [0, 0.05) is 18.2 Å². The third kappa shape index (κ3) is 3.08. The van der Waals surface area contributed by atoms with Crippen molar-refractivity contribution in [2.45, 2.75) is 45.7 Å². The zero-order chi connectivity index (χ0) is 13.1. The van der Waals surface area contributed by atoms with Crippen molar-refractivity contribution in [2.75, 3.05) is 0 Å². The summed E-state index contributed by atoms with van der Waals surface area (Å²) in [6.45, 7) is 4.91. The third-order valence-electron chi connectivity index (χ3n) is 4.27. The summed E-state index contributed by atoms with van der Waals surface area (Å²) in [6, 6.07) is 4.04. The lowest BCUT2D eigenvalue weighted by Crippen LogP contribution is -2.40. The molecule has 3 unspecified atom stereocenters. The van der Waals surface area contributed by atoms with E-state index in [9.17, 15) is 8.78 Å². The van der Waals surface area contributed by atoms with Gasteiger partial charge in [0.1, 0.15) is 11.6 Å². The van der Waals surface area contributed by atoms with Crippen LogP contribution in [0.25, 0.3) is 0 Å². The van der Waals surface area contributed by atoms with Gasteiger partial charge < -0.3 is 5.32 Å². The first-order valence-electron chi connectivity index (χ1n) is 6.75. The van der Waals surface area contributed by atoms with Gasteiger partial charge in [-0.3, -0.25) is 0 Å². The lowest BCUT2D eigenvalue weighted by Gasteiger charge is -2.34. The molecule has 1 nitrogen and oxygen atoms in total. The Labute approximate surface area is 108 Å². The van der Waals surface area contributed by atoms with Crippen molar-refractivity contribution in [1.82, 2.24) is 5.32 Å². The zero-order valence-electron chi connectivity index (χ0n) is 11.0. The summed E-state index contributed by atoms with van der Waals surface area (Å²) < 4.78 is 26.5. The fourth-order valence-electron chi connectivity index (χ4n) is 2.79. The van der Waals surface area contributed by atoms with Crippen molar-refractivity contribution in [3.63, 3.8) is 0 Å². The van der Waals surface area contributed by atoms with Crippen LogP contribution in [-0.4, -0.2) is 6.04 Å². The van der Waals surface area contributed by atoms with Crippen molar-refractivity contribution < 1.29 is 8.78 Å². The average Bonchev–Trinajstić information content (AvgIpc) is 2.35. The Morgan fingerprint density at radius 2 is 2.00 bits per heavy atom. The van der Waals surface area contributed by atoms with Gasteiger partial charge >= 0.3 is 0 Å². The molecule has 1 aromatic rings. The van der Waals surface area contributed by atoms with Crippen LogP contribution in [0.4, 0.5) is 8.78 Å². The van der Waals surface area contributed by atoms with Crippen molar-refractivity contribution in [3.05, 3.63) is 35.4 Å². The van der Waals surface area contributed by atoms with Crippen LogP contribution in [0.5, 0.6) is 0 Å². The molecular weight excluding hydrogens is 232 g/mol. The Hall–Kier alpha value is -0.960. The van der Waals surface area contributed by atoms with E-state index in [4.69, 9.17) is 0 Å². The maximum Gasteiger partial charge on any atom is 0.127 e. The summed E-state index contributed by atoms with van der Waals surface area (Å²) in [6.07, 6.45) is 3.62. The van der Waals surface area contributed by atoms with E-state index < -0.39 is 0 Å². The van der Waals surface area contributed by atoms with Gasteiger partial charge in [-0.15, -0.1) is 0 Å². The third-order valence-corrected chi connectivity index (χ3v) is 4.27. The molecule has 1 saturated carbocycles. The van der Waals surface area contributed by atoms with Crippen LogP contribution >= 0.6 is 0 Å². The first-order chi connectivity index (χ1) is 8.58. The molecule has 1 aliphatic carbocycles. The van der Waals surface area contributed by atoms with Gasteiger partial charge in [-0.2, -0.15) is 0 Å². The van der Waals surface area contributed by atoms with Crippen LogP contribution in [0, 0.1) is 23.5 Å². The summed E-state index contributed by atoms with van der Waals surface area (Å²) >= 11 is 0. The second-order valence-electron chi connectivity index (χ2n) is 5.49. The molecule has 0 amide bonds. The lowest BCUT2D eigenvalue weighted by molar-refractivity contribution is 0.205. The maximum absolute atomic E-state index is 13.5. The Balaban J connectivity index is 1.96. The monoisotopic (exact) mass is 253 g/mol. The number of benzene rings is 1. The highest BCUT2D eigenvalue weighted by Crippen LogP contribution is 2.29. The smallest absolute Gasteiger partial charge is 0.127 e. The van der Waals surface area contributed by atoms with E-state index in [1.165, 1.54) is 25.0 Å². The van der Waals surface area contributed by atoms with Gasteiger partial charge in [-0.05, 0) is 36.5 Å². The second kappa shape index (κ2) is 5.79. The predicted octanol–water partition coefficient (Wildman–Crippen LogP) is 3.88. The Kier molecular flexibility index (Phi) is 4.33. The van der Waals surface area contributed by atoms with Crippen molar-refractivity contribution in [1.29, 1.82) is 0 Å². The largest absolute Gasteiger partial charge is 0.310 e. The van der Waals surface area contributed by atoms with Crippen LogP contribution in [0.2, 0.25) is 0 Å². The second-order valence-corrected chi connectivity index (χ2v) is 5.49. The number of nitrogens with one attached hydrogen (secondary N) is 1. The minimum atomic E-state index is -0.377. The molecule has 2 rings (SSSR count). The van der Waals surface area contributed by atoms with E-state index in [2.05, 4.69) is 19.2 Å². The SMILES string of the molecule is CC1CCCC(NCc2cc(F)ccc2F)C1C. The Bertz CT molecular complexity index is 405. The van der Waals surface area contributed by atoms with E-state index in [1.54, 1.807) is 0 Å². The standard InChI is InChI=1S/C15H21F2N/c1-10-4-3-5-15(11(10)2)18-9-12-8-13(16)6-7-14(12)17/h6-8,10-11,15,18H,3-5,9H2,1-2H3. The molecule has 1 aliphatic rings. The normalized spacial score (nSPS) is 28.3. The molecule has 0 radical (unpaired) electrons. The quantitative estimate of drug-likeness (QED) is 0.862. The van der Waals surface area contributed by atoms with E-state index in [1.807, 2.05) is 0 Å². The first-order valence-corrected chi connectivity index (χ1v) is 6.75. The fourth-order valence-corrected chi connectivity index (χ4v) is 2.79. The van der Waals surface area contributed by atoms with Crippen LogP contribution in [0.3, 0.4) is 0 Å². The molecule has 3 atom stereocenters. The Morgan fingerprint density at radius 3 is 2.78 bits per heavy atom. The summed E-state index contributed by atoms with van der Waals surface area (Å²) in [5.41, 5.74) is 0.417. The van der Waals surface area contributed by atoms with E-state index in [-0.39, 0.29) is 11.6 Å². The molecule has 1 aromatic carbocycles. The molecule has 1 N–H and O–H groups in total. The van der Waals surface area contributed by atoms with Crippen molar-refractivity contribution in [3.8, 4) is 0 Å². The van der Waals surface area contributed by atoms with E-state index in [0.717, 1.165) is 12.5 Å². The highest BCUT2D eigenvalue weighted by molar-refractivity contribution is 5.18. The predicted molar refractivity (Wildman–Crippen MR) is 69.2 cm³/mol. The van der Waals surface area contributed by atoms with E-state index in [0.29, 0.717) is 30.0 Å². The summed E-state index contributed by atoms with van der Waals surface area (Å²) in [5, 5.41) is 3.38. The van der Waals surface area contributed by atoms with Crippen molar-refractivity contribution >= 4 is 0 Å². The van der Waals surface area contributed by atoms with Crippen LogP contribution in [0.1, 0.15) is 38.7 Å². The summed E-state index contributed by atoms with van der Waals surface area (Å²) in [4.78, 5) is 0. The van der Waals surface area contributed by atoms with Crippen LogP contribution in [0.15, 0.2) is 18.2 Å². The molecule has 0 heterocycles. The van der Waals surface area contributed by atoms with Gasteiger partial charge in [0.05, 0.1) is 0 Å². The van der Waals surface area contributed by atoms with Gasteiger partial charge in [0.2, 0.25) is 0 Å². The van der Waals surface area contributed by atoms with Gasteiger partial charge in [0.25, 0.3) is 0 Å². The average molecular weight is 253 g/mol. The maximum atomic E-state index is 13.5. The molecule has 0 saturated heterocycles. The first kappa shape index (κ1) is 13.5. The molecule has 0 aliphatic heterocycles. The van der Waals surface area contributed by atoms with Crippen molar-refractivity contribution in [2.24, 2.45) is 11.8 Å². The van der Waals surface area contributed by atoms with Gasteiger partial charge in [0.15, 0.2) is 0 Å². The Morgan fingerprint density at radius 1 is 1.22 bits per heavy atom. The lowest BCUT2D eigenvalue weighted by atomic mass is 9.78. The summed E-state index contributed by atoms with van der Waals surface area (Å²) in [7, 11) is 0. The van der Waals surface area contributed by atoms with Crippen LogP contribution in [-0.2, 0) is 6.54 Å². The molecular formula is C15H21F2N. The minimum absolute atomic E-state index is 0.333. The molecule has 100 valence electrons. The van der Waals surface area contributed by atoms with E-state index >= 15 is 0 Å². The number of halogens is 2. The minimum Gasteiger partial charge on any atom is -0.310 e. The van der Waals surface area contributed by atoms with Gasteiger partial charge in [-0.1, -0.05) is 26.7 Å².